The first-order valence-electron chi connectivity index (χ1n) is 5.99. The van der Waals surface area contributed by atoms with E-state index in [-0.39, 0.29) is 18.3 Å². The predicted molar refractivity (Wildman–Crippen MR) is 78.0 cm³/mol. The number of carbonyl (C=O) groups is 1. The van der Waals surface area contributed by atoms with Crippen LogP contribution in [0.1, 0.15) is 25.0 Å². The first kappa shape index (κ1) is 16.9. The van der Waals surface area contributed by atoms with E-state index in [0.717, 1.165) is 6.42 Å². The molecule has 18 heavy (non-hydrogen) atoms. The van der Waals surface area contributed by atoms with Crippen molar-refractivity contribution in [1.82, 2.24) is 5.32 Å². The third kappa shape index (κ3) is 5.07. The van der Waals surface area contributed by atoms with Gasteiger partial charge in [-0.3, -0.25) is 4.79 Å². The Morgan fingerprint density at radius 1 is 1.39 bits per heavy atom. The lowest BCUT2D eigenvalue weighted by molar-refractivity contribution is -0.128. The van der Waals surface area contributed by atoms with E-state index in [2.05, 4.69) is 30.4 Å². The Morgan fingerprint density at radius 3 is 2.61 bits per heavy atom. The van der Waals surface area contributed by atoms with Crippen LogP contribution in [0.15, 0.2) is 24.3 Å². The molecule has 3 N–H and O–H groups in total. The largest absolute Gasteiger partial charge is 0.355 e. The molecule has 0 saturated heterocycles. The SMILES string of the molecule is Cc1cccc(CCNC(=O)C(C)(C)CN)c1.Cl. The zero-order valence-corrected chi connectivity index (χ0v) is 12.1. The fourth-order valence-electron chi connectivity index (χ4n) is 1.52. The van der Waals surface area contributed by atoms with E-state index in [1.807, 2.05) is 19.9 Å². The van der Waals surface area contributed by atoms with Gasteiger partial charge >= 0.3 is 0 Å². The van der Waals surface area contributed by atoms with E-state index in [9.17, 15) is 4.79 Å². The Labute approximate surface area is 116 Å². The fraction of sp³-hybridized carbons (Fsp3) is 0.500. The van der Waals surface area contributed by atoms with Gasteiger partial charge in [0.25, 0.3) is 0 Å². The molecule has 1 amide bonds. The smallest absolute Gasteiger partial charge is 0.226 e. The highest BCUT2D eigenvalue weighted by Crippen LogP contribution is 2.12. The number of nitrogens with one attached hydrogen (secondary N) is 1. The van der Waals surface area contributed by atoms with Crippen LogP contribution < -0.4 is 11.1 Å². The lowest BCUT2D eigenvalue weighted by Gasteiger charge is -2.21. The number of amides is 1. The molecule has 0 atom stereocenters. The summed E-state index contributed by atoms with van der Waals surface area (Å²) in [6, 6.07) is 8.32. The summed E-state index contributed by atoms with van der Waals surface area (Å²) in [5.41, 5.74) is 7.56. The summed E-state index contributed by atoms with van der Waals surface area (Å²) in [5.74, 6) is 0.0210. The van der Waals surface area contributed by atoms with E-state index in [4.69, 9.17) is 5.73 Å². The summed E-state index contributed by atoms with van der Waals surface area (Å²) in [6.07, 6.45) is 0.855. The molecular weight excluding hydrogens is 248 g/mol. The number of benzene rings is 1. The van der Waals surface area contributed by atoms with Crippen LogP contribution in [0.3, 0.4) is 0 Å². The Morgan fingerprint density at radius 2 is 2.06 bits per heavy atom. The number of rotatable bonds is 5. The summed E-state index contributed by atoms with van der Waals surface area (Å²) in [7, 11) is 0. The van der Waals surface area contributed by atoms with Crippen molar-refractivity contribution in [3.05, 3.63) is 35.4 Å². The number of nitrogens with two attached hydrogens (primary N) is 1. The molecule has 0 radical (unpaired) electrons. The van der Waals surface area contributed by atoms with Crippen LogP contribution in [0.4, 0.5) is 0 Å². The molecule has 0 aliphatic carbocycles. The van der Waals surface area contributed by atoms with Crippen molar-refractivity contribution >= 4 is 18.3 Å². The molecule has 1 rings (SSSR count). The topological polar surface area (TPSA) is 55.1 Å². The highest BCUT2D eigenvalue weighted by atomic mass is 35.5. The molecule has 1 aromatic carbocycles. The maximum absolute atomic E-state index is 11.8. The minimum absolute atomic E-state index is 0. The summed E-state index contributed by atoms with van der Waals surface area (Å²) >= 11 is 0. The van der Waals surface area contributed by atoms with Crippen LogP contribution in [-0.2, 0) is 11.2 Å². The van der Waals surface area contributed by atoms with Crippen molar-refractivity contribution in [3.63, 3.8) is 0 Å². The molecule has 0 aromatic heterocycles. The summed E-state index contributed by atoms with van der Waals surface area (Å²) in [5, 5.41) is 2.92. The van der Waals surface area contributed by atoms with Crippen LogP contribution in [0.25, 0.3) is 0 Å². The van der Waals surface area contributed by atoms with Gasteiger partial charge in [0, 0.05) is 13.1 Å². The second kappa shape index (κ2) is 7.39. The van der Waals surface area contributed by atoms with E-state index in [0.29, 0.717) is 13.1 Å². The fourth-order valence-corrected chi connectivity index (χ4v) is 1.52. The predicted octanol–water partition coefficient (Wildman–Crippen LogP) is 2.06. The molecular formula is C14H23ClN2O. The zero-order valence-electron chi connectivity index (χ0n) is 11.3. The van der Waals surface area contributed by atoms with Gasteiger partial charge in [-0.25, -0.2) is 0 Å². The number of halogens is 1. The normalized spacial score (nSPS) is 10.7. The average Bonchev–Trinajstić information content (AvgIpc) is 2.29. The molecule has 0 aliphatic heterocycles. The molecule has 0 heterocycles. The van der Waals surface area contributed by atoms with Gasteiger partial charge in [0.2, 0.25) is 5.91 Å². The quantitative estimate of drug-likeness (QED) is 0.861. The first-order valence-corrected chi connectivity index (χ1v) is 5.99. The van der Waals surface area contributed by atoms with Gasteiger partial charge in [-0.2, -0.15) is 0 Å². The number of aryl methyl sites for hydroxylation is 1. The number of hydrogen-bond donors (Lipinski definition) is 2. The van der Waals surface area contributed by atoms with E-state index >= 15 is 0 Å². The van der Waals surface area contributed by atoms with Gasteiger partial charge in [0.15, 0.2) is 0 Å². The van der Waals surface area contributed by atoms with E-state index in [1.165, 1.54) is 11.1 Å². The highest BCUT2D eigenvalue weighted by molar-refractivity contribution is 5.85. The molecule has 102 valence electrons. The summed E-state index contributed by atoms with van der Waals surface area (Å²) < 4.78 is 0. The standard InChI is InChI=1S/C14H22N2O.ClH/c1-11-5-4-6-12(9-11)7-8-16-13(17)14(2,3)10-15;/h4-6,9H,7-8,10,15H2,1-3H3,(H,16,17);1H. The van der Waals surface area contributed by atoms with Crippen molar-refractivity contribution in [1.29, 1.82) is 0 Å². The van der Waals surface area contributed by atoms with Crippen LogP contribution >= 0.6 is 12.4 Å². The lowest BCUT2D eigenvalue weighted by atomic mass is 9.92. The maximum Gasteiger partial charge on any atom is 0.226 e. The van der Waals surface area contributed by atoms with Crippen LogP contribution in [0.2, 0.25) is 0 Å². The van der Waals surface area contributed by atoms with Gasteiger partial charge in [0.1, 0.15) is 0 Å². The first-order chi connectivity index (χ1) is 7.95. The van der Waals surface area contributed by atoms with Crippen molar-refractivity contribution < 1.29 is 4.79 Å². The maximum atomic E-state index is 11.8. The number of hydrogen-bond acceptors (Lipinski definition) is 2. The minimum atomic E-state index is -0.480. The Bertz CT molecular complexity index is 391. The minimum Gasteiger partial charge on any atom is -0.355 e. The van der Waals surface area contributed by atoms with E-state index < -0.39 is 5.41 Å². The Balaban J connectivity index is 0.00000289. The summed E-state index contributed by atoms with van der Waals surface area (Å²) in [6.45, 7) is 6.80. The van der Waals surface area contributed by atoms with Crippen LogP contribution in [-0.4, -0.2) is 19.0 Å². The Kier molecular flexibility index (Phi) is 6.96. The second-order valence-electron chi connectivity index (χ2n) is 5.08. The lowest BCUT2D eigenvalue weighted by Crippen LogP contribution is -2.42. The molecule has 0 fully saturated rings. The molecule has 0 bridgehead atoms. The van der Waals surface area contributed by atoms with Gasteiger partial charge in [-0.15, -0.1) is 12.4 Å². The molecule has 4 heteroatoms. The molecule has 1 aromatic rings. The molecule has 0 spiro atoms. The van der Waals surface area contributed by atoms with Crippen LogP contribution in [0.5, 0.6) is 0 Å². The highest BCUT2D eigenvalue weighted by Gasteiger charge is 2.24. The van der Waals surface area contributed by atoms with Gasteiger partial charge in [-0.05, 0) is 32.8 Å². The molecule has 3 nitrogen and oxygen atoms in total. The molecule has 0 unspecified atom stereocenters. The number of carbonyl (C=O) groups excluding carboxylic acids is 1. The molecule has 0 saturated carbocycles. The van der Waals surface area contributed by atoms with Crippen molar-refractivity contribution in [2.24, 2.45) is 11.1 Å². The average molecular weight is 271 g/mol. The second-order valence-corrected chi connectivity index (χ2v) is 5.08. The van der Waals surface area contributed by atoms with Crippen LogP contribution in [0, 0.1) is 12.3 Å². The molecule has 0 aliphatic rings. The Hall–Kier alpha value is -1.06. The summed E-state index contributed by atoms with van der Waals surface area (Å²) in [4.78, 5) is 11.8. The van der Waals surface area contributed by atoms with Gasteiger partial charge in [-0.1, -0.05) is 29.8 Å². The van der Waals surface area contributed by atoms with Crippen molar-refractivity contribution in [2.75, 3.05) is 13.1 Å². The van der Waals surface area contributed by atoms with Gasteiger partial charge < -0.3 is 11.1 Å². The van der Waals surface area contributed by atoms with Crippen molar-refractivity contribution in [2.45, 2.75) is 27.2 Å². The van der Waals surface area contributed by atoms with Gasteiger partial charge in [0.05, 0.1) is 5.41 Å². The zero-order chi connectivity index (χ0) is 12.9. The van der Waals surface area contributed by atoms with E-state index in [1.54, 1.807) is 0 Å². The monoisotopic (exact) mass is 270 g/mol. The van der Waals surface area contributed by atoms with Crippen molar-refractivity contribution in [3.8, 4) is 0 Å². The third-order valence-corrected chi connectivity index (χ3v) is 2.91. The third-order valence-electron chi connectivity index (χ3n) is 2.91.